The molecule has 5 heteroatoms. The van der Waals surface area contributed by atoms with Crippen LogP contribution in [0.15, 0.2) is 30.3 Å². The van der Waals surface area contributed by atoms with E-state index < -0.39 is 0 Å². The van der Waals surface area contributed by atoms with Crippen LogP contribution in [0.25, 0.3) is 0 Å². The molecule has 1 aliphatic rings. The van der Waals surface area contributed by atoms with Gasteiger partial charge in [-0.15, -0.1) is 0 Å². The zero-order valence-electron chi connectivity index (χ0n) is 14.6. The summed E-state index contributed by atoms with van der Waals surface area (Å²) in [4.78, 5) is 26.1. The highest BCUT2D eigenvalue weighted by Crippen LogP contribution is 2.25. The molecule has 0 saturated heterocycles. The van der Waals surface area contributed by atoms with Gasteiger partial charge in [0.15, 0.2) is 0 Å². The number of carbonyl (C=O) groups is 2. The number of rotatable bonds is 6. The Hall–Kier alpha value is -1.88. The van der Waals surface area contributed by atoms with Crippen molar-refractivity contribution in [3.63, 3.8) is 0 Å². The van der Waals surface area contributed by atoms with Gasteiger partial charge >= 0.3 is 0 Å². The highest BCUT2D eigenvalue weighted by molar-refractivity contribution is 5.94. The third kappa shape index (κ3) is 5.34. The van der Waals surface area contributed by atoms with E-state index >= 15 is 0 Å². The van der Waals surface area contributed by atoms with Crippen molar-refractivity contribution >= 4 is 11.8 Å². The van der Waals surface area contributed by atoms with Crippen molar-refractivity contribution in [3.8, 4) is 0 Å². The molecule has 2 N–H and O–H groups in total. The molecule has 2 amide bonds. The molecule has 0 bridgehead atoms. The number of nitrogens with one attached hydrogen (secondary N) is 1. The summed E-state index contributed by atoms with van der Waals surface area (Å²) in [6.45, 7) is 2.42. The fraction of sp³-hybridized carbons (Fsp3) is 0.579. The summed E-state index contributed by atoms with van der Waals surface area (Å²) in [5, 5.41) is 12.9. The molecule has 3 unspecified atom stereocenters. The maximum absolute atomic E-state index is 12.3. The van der Waals surface area contributed by atoms with Crippen molar-refractivity contribution in [2.45, 2.75) is 51.2 Å². The number of hydrogen-bond acceptors (Lipinski definition) is 3. The average Bonchev–Trinajstić information content (AvgIpc) is 2.57. The fourth-order valence-corrected chi connectivity index (χ4v) is 3.22. The Labute approximate surface area is 144 Å². The first-order valence-electron chi connectivity index (χ1n) is 8.75. The molecule has 2 rings (SSSR count). The van der Waals surface area contributed by atoms with Crippen LogP contribution in [0, 0.1) is 5.92 Å². The first kappa shape index (κ1) is 18.5. The smallest absolute Gasteiger partial charge is 0.251 e. The Morgan fingerprint density at radius 1 is 1.25 bits per heavy atom. The Morgan fingerprint density at radius 3 is 2.58 bits per heavy atom. The second-order valence-corrected chi connectivity index (χ2v) is 6.83. The molecule has 0 radical (unpaired) electrons. The number of nitrogens with zero attached hydrogens (tertiary/aromatic N) is 1. The number of amides is 2. The van der Waals surface area contributed by atoms with E-state index in [1.807, 2.05) is 25.1 Å². The zero-order chi connectivity index (χ0) is 17.5. The standard InChI is InChI=1S/C19H28N2O3/c1-14(20-19(24)15-8-4-3-5-9-15)12-18(23)21(2)13-16-10-6-7-11-17(16)22/h3-5,8-9,14,16-17,22H,6-7,10-13H2,1-2H3,(H,20,24). The van der Waals surface area contributed by atoms with E-state index in [9.17, 15) is 14.7 Å². The fourth-order valence-electron chi connectivity index (χ4n) is 3.22. The summed E-state index contributed by atoms with van der Waals surface area (Å²) in [5.41, 5.74) is 0.593. The third-order valence-corrected chi connectivity index (χ3v) is 4.70. The number of hydrogen-bond donors (Lipinski definition) is 2. The molecule has 5 nitrogen and oxygen atoms in total. The van der Waals surface area contributed by atoms with Crippen molar-refractivity contribution in [1.29, 1.82) is 0 Å². The number of aliphatic hydroxyl groups excluding tert-OH is 1. The van der Waals surface area contributed by atoms with E-state index in [1.165, 1.54) is 0 Å². The summed E-state index contributed by atoms with van der Waals surface area (Å²) in [6, 6.07) is 8.75. The normalized spacial score (nSPS) is 21.8. The van der Waals surface area contributed by atoms with Crippen molar-refractivity contribution in [2.24, 2.45) is 5.92 Å². The van der Waals surface area contributed by atoms with Gasteiger partial charge in [-0.25, -0.2) is 0 Å². The molecular formula is C19H28N2O3. The van der Waals surface area contributed by atoms with Crippen LogP contribution >= 0.6 is 0 Å². The third-order valence-electron chi connectivity index (χ3n) is 4.70. The Morgan fingerprint density at radius 2 is 1.92 bits per heavy atom. The Kier molecular flexibility index (Phi) is 6.79. The maximum atomic E-state index is 12.3. The Bertz CT molecular complexity index is 547. The van der Waals surface area contributed by atoms with Crippen LogP contribution in [0.2, 0.25) is 0 Å². The molecule has 0 aliphatic heterocycles. The molecular weight excluding hydrogens is 304 g/mol. The van der Waals surface area contributed by atoms with Crippen molar-refractivity contribution < 1.29 is 14.7 Å². The van der Waals surface area contributed by atoms with E-state index in [4.69, 9.17) is 0 Å². The van der Waals surface area contributed by atoms with Gasteiger partial charge in [-0.2, -0.15) is 0 Å². The molecule has 24 heavy (non-hydrogen) atoms. The largest absolute Gasteiger partial charge is 0.393 e. The van der Waals surface area contributed by atoms with E-state index in [1.54, 1.807) is 24.1 Å². The van der Waals surface area contributed by atoms with Crippen LogP contribution in [-0.2, 0) is 4.79 Å². The Balaban J connectivity index is 1.79. The molecule has 1 saturated carbocycles. The molecule has 0 heterocycles. The molecule has 1 fully saturated rings. The van der Waals surface area contributed by atoms with Gasteiger partial charge in [0.1, 0.15) is 0 Å². The van der Waals surface area contributed by atoms with E-state index in [-0.39, 0.29) is 36.3 Å². The van der Waals surface area contributed by atoms with Gasteiger partial charge in [0.05, 0.1) is 6.10 Å². The van der Waals surface area contributed by atoms with Crippen LogP contribution < -0.4 is 5.32 Å². The second-order valence-electron chi connectivity index (χ2n) is 6.83. The number of carbonyl (C=O) groups excluding carboxylic acids is 2. The summed E-state index contributed by atoms with van der Waals surface area (Å²) >= 11 is 0. The van der Waals surface area contributed by atoms with Gasteiger partial charge in [0.2, 0.25) is 5.91 Å². The minimum atomic E-state index is -0.302. The van der Waals surface area contributed by atoms with E-state index in [0.29, 0.717) is 12.1 Å². The summed E-state index contributed by atoms with van der Waals surface area (Å²) in [7, 11) is 1.77. The van der Waals surface area contributed by atoms with Crippen LogP contribution in [0.1, 0.15) is 49.4 Å². The van der Waals surface area contributed by atoms with Crippen molar-refractivity contribution in [2.75, 3.05) is 13.6 Å². The quantitative estimate of drug-likeness (QED) is 0.839. The SMILES string of the molecule is CC(CC(=O)N(C)CC1CCCCC1O)NC(=O)c1ccccc1. The molecule has 132 valence electrons. The lowest BCUT2D eigenvalue weighted by molar-refractivity contribution is -0.131. The van der Waals surface area contributed by atoms with Crippen molar-refractivity contribution in [3.05, 3.63) is 35.9 Å². The van der Waals surface area contributed by atoms with Gasteiger partial charge in [-0.1, -0.05) is 31.0 Å². The van der Waals surface area contributed by atoms with Crippen LogP contribution in [0.5, 0.6) is 0 Å². The second kappa shape index (κ2) is 8.83. The molecule has 1 aromatic rings. The molecule has 3 atom stereocenters. The van der Waals surface area contributed by atoms with Gasteiger partial charge in [0.25, 0.3) is 5.91 Å². The molecule has 1 aromatic carbocycles. The molecule has 0 aromatic heterocycles. The predicted molar refractivity (Wildman–Crippen MR) is 93.6 cm³/mol. The highest BCUT2D eigenvalue weighted by atomic mass is 16.3. The summed E-state index contributed by atoms with van der Waals surface area (Å²) in [6.07, 6.45) is 3.95. The lowest BCUT2D eigenvalue weighted by Gasteiger charge is -2.31. The highest BCUT2D eigenvalue weighted by Gasteiger charge is 2.26. The minimum Gasteiger partial charge on any atom is -0.393 e. The molecule has 0 spiro atoms. The topological polar surface area (TPSA) is 69.6 Å². The van der Waals surface area contributed by atoms with Crippen molar-refractivity contribution in [1.82, 2.24) is 10.2 Å². The average molecular weight is 332 g/mol. The first-order valence-corrected chi connectivity index (χ1v) is 8.75. The zero-order valence-corrected chi connectivity index (χ0v) is 14.6. The van der Waals surface area contributed by atoms with Crippen LogP contribution in [0.4, 0.5) is 0 Å². The predicted octanol–water partition coefficient (Wildman–Crippen LogP) is 2.20. The number of benzene rings is 1. The molecule has 1 aliphatic carbocycles. The van der Waals surface area contributed by atoms with Gasteiger partial charge in [-0.3, -0.25) is 9.59 Å². The van der Waals surface area contributed by atoms with Crippen LogP contribution in [0.3, 0.4) is 0 Å². The van der Waals surface area contributed by atoms with Gasteiger partial charge < -0.3 is 15.3 Å². The summed E-state index contributed by atoms with van der Waals surface area (Å²) in [5.74, 6) is -0.00296. The van der Waals surface area contributed by atoms with E-state index in [2.05, 4.69) is 5.32 Å². The maximum Gasteiger partial charge on any atom is 0.251 e. The van der Waals surface area contributed by atoms with E-state index in [0.717, 1.165) is 25.7 Å². The summed E-state index contributed by atoms with van der Waals surface area (Å²) < 4.78 is 0. The van der Waals surface area contributed by atoms with Gasteiger partial charge in [0, 0.05) is 37.5 Å². The minimum absolute atomic E-state index is 0.00589. The lowest BCUT2D eigenvalue weighted by Crippen LogP contribution is -2.41. The van der Waals surface area contributed by atoms with Crippen LogP contribution in [-0.4, -0.2) is 47.6 Å². The monoisotopic (exact) mass is 332 g/mol. The first-order chi connectivity index (χ1) is 11.5. The van der Waals surface area contributed by atoms with Gasteiger partial charge in [-0.05, 0) is 31.9 Å². The lowest BCUT2D eigenvalue weighted by atomic mass is 9.86. The number of aliphatic hydroxyl groups is 1.